The summed E-state index contributed by atoms with van der Waals surface area (Å²) in [6, 6.07) is 3.38. The molecule has 2 aliphatic rings. The molecule has 0 aliphatic carbocycles. The fourth-order valence-electron chi connectivity index (χ4n) is 4.36. The number of likely N-dealkylation sites (tertiary alicyclic amines) is 1. The number of β-amino-alcohol motifs (C(OH)–C–C–N with tert-alkyl or cyclic N) is 2. The third kappa shape index (κ3) is 6.82. The first-order chi connectivity index (χ1) is 15.2. The standard InChI is InChI=1S/C23H31F2N3O4/c1-16-10-18(29)13-26(12-16)14-19(30)15-28-9-8-27(7-6-23(28)32)22(31)5-3-17-2-4-20(24)21(25)11-17/h2-5,11,16,18-19,29-30H,6-10,12-15H2,1H3/t16-,18+,19?/m0/s1. The fraction of sp³-hybridized carbons (Fsp3) is 0.565. The van der Waals surface area contributed by atoms with Gasteiger partial charge < -0.3 is 20.0 Å². The summed E-state index contributed by atoms with van der Waals surface area (Å²) in [7, 11) is 0. The molecule has 176 valence electrons. The van der Waals surface area contributed by atoms with Crippen molar-refractivity contribution in [3.63, 3.8) is 0 Å². The Morgan fingerprint density at radius 1 is 1.19 bits per heavy atom. The molecule has 9 heteroatoms. The Morgan fingerprint density at radius 2 is 1.97 bits per heavy atom. The second-order valence-corrected chi connectivity index (χ2v) is 8.79. The van der Waals surface area contributed by atoms with Crippen LogP contribution in [0.1, 0.15) is 25.3 Å². The molecule has 2 fully saturated rings. The Balaban J connectivity index is 1.51. The molecule has 2 N–H and O–H groups in total. The predicted molar refractivity (Wildman–Crippen MR) is 115 cm³/mol. The normalized spacial score (nSPS) is 24.1. The number of aliphatic hydroxyl groups is 2. The highest BCUT2D eigenvalue weighted by atomic mass is 19.2. The Labute approximate surface area is 186 Å². The first kappa shape index (κ1) is 24.3. The van der Waals surface area contributed by atoms with Crippen LogP contribution in [0.5, 0.6) is 0 Å². The van der Waals surface area contributed by atoms with Crippen molar-refractivity contribution in [1.82, 2.24) is 14.7 Å². The van der Waals surface area contributed by atoms with Crippen molar-refractivity contribution < 1.29 is 28.6 Å². The molecule has 0 radical (unpaired) electrons. The summed E-state index contributed by atoms with van der Waals surface area (Å²) < 4.78 is 26.3. The highest BCUT2D eigenvalue weighted by Gasteiger charge is 2.28. The van der Waals surface area contributed by atoms with Crippen LogP contribution in [0.2, 0.25) is 0 Å². The second kappa shape index (κ2) is 11.0. The van der Waals surface area contributed by atoms with E-state index in [9.17, 15) is 28.6 Å². The monoisotopic (exact) mass is 451 g/mol. The zero-order valence-electron chi connectivity index (χ0n) is 18.3. The van der Waals surface area contributed by atoms with Gasteiger partial charge in [-0.2, -0.15) is 0 Å². The average molecular weight is 452 g/mol. The minimum Gasteiger partial charge on any atom is -0.392 e. The van der Waals surface area contributed by atoms with E-state index in [-0.39, 0.29) is 31.3 Å². The number of hydrogen-bond acceptors (Lipinski definition) is 5. The van der Waals surface area contributed by atoms with E-state index in [1.165, 1.54) is 23.1 Å². The smallest absolute Gasteiger partial charge is 0.246 e. The van der Waals surface area contributed by atoms with Gasteiger partial charge in [0.2, 0.25) is 11.8 Å². The summed E-state index contributed by atoms with van der Waals surface area (Å²) in [6.07, 6.45) is 2.46. The van der Waals surface area contributed by atoms with E-state index in [2.05, 4.69) is 6.92 Å². The SMILES string of the molecule is C[C@H]1C[C@@H](O)CN(CC(O)CN2CCN(C(=O)C=Cc3ccc(F)c(F)c3)CCC2=O)C1. The van der Waals surface area contributed by atoms with Gasteiger partial charge in [-0.05, 0) is 36.1 Å². The number of nitrogens with zero attached hydrogens (tertiary/aromatic N) is 3. The van der Waals surface area contributed by atoms with E-state index >= 15 is 0 Å². The highest BCUT2D eigenvalue weighted by Crippen LogP contribution is 2.17. The number of aliphatic hydroxyl groups excluding tert-OH is 2. The molecular weight excluding hydrogens is 420 g/mol. The molecule has 7 nitrogen and oxygen atoms in total. The molecule has 1 aromatic carbocycles. The molecule has 0 spiro atoms. The number of carbonyl (C=O) groups is 2. The molecule has 0 aromatic heterocycles. The maximum absolute atomic E-state index is 13.3. The second-order valence-electron chi connectivity index (χ2n) is 8.79. The molecule has 3 atom stereocenters. The zero-order chi connectivity index (χ0) is 23.3. The molecule has 2 heterocycles. The van der Waals surface area contributed by atoms with Gasteiger partial charge in [-0.1, -0.05) is 13.0 Å². The van der Waals surface area contributed by atoms with Crippen LogP contribution >= 0.6 is 0 Å². The molecule has 1 aromatic rings. The lowest BCUT2D eigenvalue weighted by atomic mass is 9.98. The minimum atomic E-state index is -0.984. The lowest BCUT2D eigenvalue weighted by Gasteiger charge is -2.36. The number of hydrogen-bond donors (Lipinski definition) is 2. The van der Waals surface area contributed by atoms with E-state index in [0.29, 0.717) is 37.7 Å². The highest BCUT2D eigenvalue weighted by molar-refractivity contribution is 5.92. The Morgan fingerprint density at radius 3 is 2.69 bits per heavy atom. The Bertz CT molecular complexity index is 841. The van der Waals surface area contributed by atoms with Crippen LogP contribution in [0.3, 0.4) is 0 Å². The van der Waals surface area contributed by atoms with Crippen LogP contribution in [0, 0.1) is 17.6 Å². The molecule has 1 unspecified atom stereocenters. The van der Waals surface area contributed by atoms with Gasteiger partial charge in [-0.25, -0.2) is 8.78 Å². The first-order valence-corrected chi connectivity index (χ1v) is 11.0. The number of halogens is 2. The van der Waals surface area contributed by atoms with Crippen molar-refractivity contribution in [2.24, 2.45) is 5.92 Å². The fourth-order valence-corrected chi connectivity index (χ4v) is 4.36. The van der Waals surface area contributed by atoms with Crippen molar-refractivity contribution >= 4 is 17.9 Å². The van der Waals surface area contributed by atoms with Gasteiger partial charge in [0.1, 0.15) is 0 Å². The molecule has 2 amide bonds. The van der Waals surface area contributed by atoms with Gasteiger partial charge in [0.15, 0.2) is 11.6 Å². The quantitative estimate of drug-likeness (QED) is 0.633. The van der Waals surface area contributed by atoms with Crippen LogP contribution in [0.25, 0.3) is 6.08 Å². The van der Waals surface area contributed by atoms with Crippen LogP contribution in [-0.2, 0) is 9.59 Å². The molecule has 3 rings (SSSR count). The first-order valence-electron chi connectivity index (χ1n) is 11.0. The topological polar surface area (TPSA) is 84.3 Å². The van der Waals surface area contributed by atoms with E-state index in [0.717, 1.165) is 25.1 Å². The molecule has 2 saturated heterocycles. The molecule has 0 bridgehead atoms. The Kier molecular flexibility index (Phi) is 8.33. The summed E-state index contributed by atoms with van der Waals surface area (Å²) >= 11 is 0. The van der Waals surface area contributed by atoms with E-state index in [1.807, 2.05) is 4.90 Å². The maximum atomic E-state index is 13.3. The summed E-state index contributed by atoms with van der Waals surface area (Å²) in [5.74, 6) is -2.03. The van der Waals surface area contributed by atoms with Gasteiger partial charge in [-0.15, -0.1) is 0 Å². The van der Waals surface area contributed by atoms with Gasteiger partial charge in [0.05, 0.1) is 12.2 Å². The maximum Gasteiger partial charge on any atom is 0.246 e. The molecule has 0 saturated carbocycles. The van der Waals surface area contributed by atoms with Crippen LogP contribution in [0.15, 0.2) is 24.3 Å². The predicted octanol–water partition coefficient (Wildman–Crippen LogP) is 1.10. The minimum absolute atomic E-state index is 0.129. The van der Waals surface area contributed by atoms with Gasteiger partial charge in [0.25, 0.3) is 0 Å². The molecular formula is C23H31F2N3O4. The molecule has 32 heavy (non-hydrogen) atoms. The lowest BCUT2D eigenvalue weighted by Crippen LogP contribution is -2.48. The number of carbonyl (C=O) groups excluding carboxylic acids is 2. The summed E-state index contributed by atoms with van der Waals surface area (Å²) in [5, 5.41) is 20.4. The third-order valence-corrected chi connectivity index (χ3v) is 5.88. The van der Waals surface area contributed by atoms with Crippen LogP contribution in [-0.4, -0.2) is 94.7 Å². The van der Waals surface area contributed by atoms with E-state index < -0.39 is 23.8 Å². The van der Waals surface area contributed by atoms with Crippen LogP contribution < -0.4 is 0 Å². The number of rotatable bonds is 6. The number of benzene rings is 1. The van der Waals surface area contributed by atoms with Gasteiger partial charge >= 0.3 is 0 Å². The lowest BCUT2D eigenvalue weighted by molar-refractivity contribution is -0.132. The van der Waals surface area contributed by atoms with Crippen molar-refractivity contribution in [1.29, 1.82) is 0 Å². The summed E-state index contributed by atoms with van der Waals surface area (Å²) in [4.78, 5) is 30.1. The van der Waals surface area contributed by atoms with Crippen molar-refractivity contribution in [2.45, 2.75) is 32.0 Å². The summed E-state index contributed by atoms with van der Waals surface area (Å²) in [6.45, 7) is 4.81. The number of piperidine rings is 1. The van der Waals surface area contributed by atoms with Crippen molar-refractivity contribution in [3.05, 3.63) is 41.5 Å². The van der Waals surface area contributed by atoms with E-state index in [4.69, 9.17) is 0 Å². The zero-order valence-corrected chi connectivity index (χ0v) is 18.3. The molecule has 2 aliphatic heterocycles. The van der Waals surface area contributed by atoms with Crippen LogP contribution in [0.4, 0.5) is 8.78 Å². The van der Waals surface area contributed by atoms with Crippen molar-refractivity contribution in [3.8, 4) is 0 Å². The van der Waals surface area contributed by atoms with E-state index in [1.54, 1.807) is 4.90 Å². The van der Waals surface area contributed by atoms with Gasteiger partial charge in [0, 0.05) is 58.3 Å². The van der Waals surface area contributed by atoms with Crippen molar-refractivity contribution in [2.75, 3.05) is 45.8 Å². The number of amides is 2. The largest absolute Gasteiger partial charge is 0.392 e. The third-order valence-electron chi connectivity index (χ3n) is 5.88. The summed E-state index contributed by atoms with van der Waals surface area (Å²) in [5.41, 5.74) is 0.366. The average Bonchev–Trinajstić information content (AvgIpc) is 2.89. The van der Waals surface area contributed by atoms with Gasteiger partial charge in [-0.3, -0.25) is 14.5 Å². The Hall–Kier alpha value is -2.36.